The summed E-state index contributed by atoms with van der Waals surface area (Å²) in [6.45, 7) is 1.39. The van der Waals surface area contributed by atoms with E-state index in [1.54, 1.807) is 0 Å². The number of hydrogen-bond acceptors (Lipinski definition) is 7. The highest BCUT2D eigenvalue weighted by atomic mass is 32.1. The fraction of sp³-hybridized carbons (Fsp3) is 0.500. The second-order valence-electron chi connectivity index (χ2n) is 4.16. The average Bonchev–Trinajstić information content (AvgIpc) is 3.13. The Morgan fingerprint density at radius 3 is 3.14 bits per heavy atom. The molecule has 1 amide bonds. The first-order chi connectivity index (χ1) is 10.3. The Morgan fingerprint density at radius 1 is 1.48 bits per heavy atom. The molecule has 2 heterocycles. The molecule has 21 heavy (non-hydrogen) atoms. The minimum atomic E-state index is -0.174. The van der Waals surface area contributed by atoms with Crippen LogP contribution in [0, 0.1) is 0 Å². The van der Waals surface area contributed by atoms with Gasteiger partial charge in [-0.25, -0.2) is 0 Å². The highest BCUT2D eigenvalue weighted by Crippen LogP contribution is 2.19. The van der Waals surface area contributed by atoms with Crippen molar-refractivity contribution in [2.75, 3.05) is 26.4 Å². The Labute approximate surface area is 125 Å². The molecule has 0 bridgehead atoms. The van der Waals surface area contributed by atoms with Gasteiger partial charge in [0.15, 0.2) is 0 Å². The van der Waals surface area contributed by atoms with Gasteiger partial charge in [0.05, 0.1) is 18.1 Å². The van der Waals surface area contributed by atoms with Crippen LogP contribution in [0.5, 0.6) is 0 Å². The van der Waals surface area contributed by atoms with Gasteiger partial charge in [0.25, 0.3) is 0 Å². The number of aliphatic hydroxyl groups excluding tert-OH is 1. The third-order valence-corrected chi connectivity index (χ3v) is 3.37. The SMILES string of the molecule is O=C(Cn1nnc(-c2cccs2)n1)NCCCOCCO. The van der Waals surface area contributed by atoms with Crippen molar-refractivity contribution in [1.29, 1.82) is 0 Å². The maximum absolute atomic E-state index is 11.7. The lowest BCUT2D eigenvalue weighted by atomic mass is 10.4. The van der Waals surface area contributed by atoms with Crippen LogP contribution in [0.2, 0.25) is 0 Å². The van der Waals surface area contributed by atoms with Gasteiger partial charge in [-0.2, -0.15) is 4.80 Å². The Hall–Kier alpha value is -1.84. The van der Waals surface area contributed by atoms with Crippen molar-refractivity contribution in [1.82, 2.24) is 25.5 Å². The zero-order chi connectivity index (χ0) is 14.9. The van der Waals surface area contributed by atoms with Crippen molar-refractivity contribution in [3.63, 3.8) is 0 Å². The monoisotopic (exact) mass is 311 g/mol. The molecule has 0 aliphatic carbocycles. The smallest absolute Gasteiger partial charge is 0.243 e. The largest absolute Gasteiger partial charge is 0.394 e. The van der Waals surface area contributed by atoms with Gasteiger partial charge in [0, 0.05) is 13.2 Å². The van der Waals surface area contributed by atoms with Crippen LogP contribution in [-0.2, 0) is 16.1 Å². The summed E-state index contributed by atoms with van der Waals surface area (Å²) in [6.07, 6.45) is 0.691. The van der Waals surface area contributed by atoms with Gasteiger partial charge in [-0.15, -0.1) is 21.5 Å². The summed E-state index contributed by atoms with van der Waals surface area (Å²) >= 11 is 1.52. The molecule has 2 rings (SSSR count). The third kappa shape index (κ3) is 5.21. The van der Waals surface area contributed by atoms with Crippen LogP contribution in [0.3, 0.4) is 0 Å². The van der Waals surface area contributed by atoms with Crippen LogP contribution in [0.4, 0.5) is 0 Å². The van der Waals surface area contributed by atoms with Crippen LogP contribution >= 0.6 is 11.3 Å². The Kier molecular flexibility index (Phi) is 6.25. The number of aromatic nitrogens is 4. The molecule has 0 fully saturated rings. The molecule has 0 saturated carbocycles. The van der Waals surface area contributed by atoms with Crippen LogP contribution in [0.25, 0.3) is 10.7 Å². The molecule has 0 saturated heterocycles. The summed E-state index contributed by atoms with van der Waals surface area (Å²) in [5.74, 6) is 0.350. The number of amides is 1. The van der Waals surface area contributed by atoms with Gasteiger partial charge in [-0.05, 0) is 23.1 Å². The highest BCUT2D eigenvalue weighted by Gasteiger charge is 2.09. The molecule has 0 aliphatic heterocycles. The minimum Gasteiger partial charge on any atom is -0.394 e. The fourth-order valence-electron chi connectivity index (χ4n) is 1.57. The number of nitrogens with one attached hydrogen (secondary N) is 1. The molecule has 9 heteroatoms. The number of rotatable bonds is 9. The molecule has 0 spiro atoms. The molecule has 2 aromatic rings. The molecule has 2 N–H and O–H groups in total. The van der Waals surface area contributed by atoms with Gasteiger partial charge >= 0.3 is 0 Å². The van der Waals surface area contributed by atoms with E-state index in [-0.39, 0.29) is 19.1 Å². The Morgan fingerprint density at radius 2 is 2.38 bits per heavy atom. The molecule has 0 atom stereocenters. The third-order valence-electron chi connectivity index (χ3n) is 2.50. The number of aliphatic hydroxyl groups is 1. The van der Waals surface area contributed by atoms with E-state index in [1.807, 2.05) is 17.5 Å². The summed E-state index contributed by atoms with van der Waals surface area (Å²) in [7, 11) is 0. The quantitative estimate of drug-likeness (QED) is 0.628. The van der Waals surface area contributed by atoms with Crippen molar-refractivity contribution < 1.29 is 14.6 Å². The lowest BCUT2D eigenvalue weighted by Gasteiger charge is -2.04. The molecule has 8 nitrogen and oxygen atoms in total. The van der Waals surface area contributed by atoms with Crippen molar-refractivity contribution in [2.45, 2.75) is 13.0 Å². The van der Waals surface area contributed by atoms with Crippen LogP contribution in [0.1, 0.15) is 6.42 Å². The van der Waals surface area contributed by atoms with Crippen molar-refractivity contribution in [2.24, 2.45) is 0 Å². The summed E-state index contributed by atoms with van der Waals surface area (Å²) in [6, 6.07) is 3.81. The van der Waals surface area contributed by atoms with E-state index in [0.29, 0.717) is 32.0 Å². The molecule has 2 aromatic heterocycles. The normalized spacial score (nSPS) is 10.7. The predicted molar refractivity (Wildman–Crippen MR) is 76.7 cm³/mol. The first-order valence-corrected chi connectivity index (χ1v) is 7.44. The van der Waals surface area contributed by atoms with Gasteiger partial charge in [0.1, 0.15) is 6.54 Å². The molecule has 114 valence electrons. The van der Waals surface area contributed by atoms with Gasteiger partial charge in [-0.1, -0.05) is 6.07 Å². The molecular formula is C12H17N5O3S. The number of ether oxygens (including phenoxy) is 1. The predicted octanol–water partition coefficient (Wildman–Crippen LogP) is -0.0832. The lowest BCUT2D eigenvalue weighted by Crippen LogP contribution is -2.29. The molecule has 0 aromatic carbocycles. The van der Waals surface area contributed by atoms with E-state index in [2.05, 4.69) is 20.7 Å². The number of carbonyl (C=O) groups is 1. The first-order valence-electron chi connectivity index (χ1n) is 6.56. The van der Waals surface area contributed by atoms with E-state index in [4.69, 9.17) is 9.84 Å². The van der Waals surface area contributed by atoms with E-state index in [9.17, 15) is 4.79 Å². The first kappa shape index (κ1) is 15.5. The van der Waals surface area contributed by atoms with Gasteiger partial charge < -0.3 is 15.2 Å². The Bertz CT molecular complexity index is 543. The van der Waals surface area contributed by atoms with Gasteiger partial charge in [0.2, 0.25) is 11.7 Å². The molecular weight excluding hydrogens is 294 g/mol. The van der Waals surface area contributed by atoms with Crippen molar-refractivity contribution >= 4 is 17.2 Å². The lowest BCUT2D eigenvalue weighted by molar-refractivity contribution is -0.122. The van der Waals surface area contributed by atoms with E-state index in [0.717, 1.165) is 4.88 Å². The second kappa shape index (κ2) is 8.45. The van der Waals surface area contributed by atoms with E-state index in [1.165, 1.54) is 16.1 Å². The second-order valence-corrected chi connectivity index (χ2v) is 5.11. The van der Waals surface area contributed by atoms with E-state index < -0.39 is 0 Å². The van der Waals surface area contributed by atoms with Crippen molar-refractivity contribution in [3.05, 3.63) is 17.5 Å². The standard InChI is InChI=1S/C12H17N5O3S/c18-5-7-20-6-2-4-13-11(19)9-17-15-12(14-16-17)10-3-1-8-21-10/h1,3,8,18H,2,4-7,9H2,(H,13,19). The van der Waals surface area contributed by atoms with Crippen LogP contribution in [-0.4, -0.2) is 57.6 Å². The number of thiophene rings is 1. The summed E-state index contributed by atoms with van der Waals surface area (Å²) in [4.78, 5) is 13.9. The summed E-state index contributed by atoms with van der Waals surface area (Å²) in [5, 5.41) is 25.1. The topological polar surface area (TPSA) is 102 Å². The highest BCUT2D eigenvalue weighted by molar-refractivity contribution is 7.13. The van der Waals surface area contributed by atoms with Crippen LogP contribution in [0.15, 0.2) is 17.5 Å². The average molecular weight is 311 g/mol. The Balaban J connectivity index is 1.68. The molecule has 0 aliphatic rings. The fourth-order valence-corrected chi connectivity index (χ4v) is 2.22. The van der Waals surface area contributed by atoms with Gasteiger partial charge in [-0.3, -0.25) is 4.79 Å². The number of carbonyl (C=O) groups excluding carboxylic acids is 1. The summed E-state index contributed by atoms with van der Waals surface area (Å²) in [5.41, 5.74) is 0. The maximum atomic E-state index is 11.7. The zero-order valence-electron chi connectivity index (χ0n) is 11.4. The molecule has 0 radical (unpaired) electrons. The number of tetrazole rings is 1. The summed E-state index contributed by atoms with van der Waals surface area (Å²) < 4.78 is 5.09. The number of nitrogens with zero attached hydrogens (tertiary/aromatic N) is 4. The van der Waals surface area contributed by atoms with Crippen LogP contribution < -0.4 is 5.32 Å². The molecule has 0 unspecified atom stereocenters. The van der Waals surface area contributed by atoms with Crippen molar-refractivity contribution in [3.8, 4) is 10.7 Å². The number of hydrogen-bond donors (Lipinski definition) is 2. The zero-order valence-corrected chi connectivity index (χ0v) is 12.3. The minimum absolute atomic E-state index is 0.0108. The maximum Gasteiger partial charge on any atom is 0.243 e. The van der Waals surface area contributed by atoms with E-state index >= 15 is 0 Å².